The summed E-state index contributed by atoms with van der Waals surface area (Å²) >= 11 is 1.53. The summed E-state index contributed by atoms with van der Waals surface area (Å²) in [5, 5.41) is 10.6. The lowest BCUT2D eigenvalue weighted by Gasteiger charge is -2.09. The van der Waals surface area contributed by atoms with Crippen molar-refractivity contribution in [1.29, 1.82) is 0 Å². The van der Waals surface area contributed by atoms with Gasteiger partial charge in [-0.3, -0.25) is 10.1 Å². The molecule has 0 amide bonds. The van der Waals surface area contributed by atoms with Gasteiger partial charge in [0.1, 0.15) is 6.67 Å². The molecule has 94 valence electrons. The lowest BCUT2D eigenvalue weighted by atomic mass is 10.2. The number of hydrogen-bond acceptors (Lipinski definition) is 4. The lowest BCUT2D eigenvalue weighted by molar-refractivity contribution is -0.390. The van der Waals surface area contributed by atoms with Crippen molar-refractivity contribution in [3.63, 3.8) is 0 Å². The number of pyridine rings is 1. The second-order valence-electron chi connectivity index (χ2n) is 2.68. The van der Waals surface area contributed by atoms with Gasteiger partial charge in [0.25, 0.3) is 0 Å². The van der Waals surface area contributed by atoms with E-state index in [-0.39, 0.29) is 3.57 Å². The first-order valence-electron chi connectivity index (χ1n) is 3.89. The zero-order chi connectivity index (χ0) is 13.2. The van der Waals surface area contributed by atoms with E-state index < -0.39 is 35.1 Å². The van der Waals surface area contributed by atoms with Crippen LogP contribution in [-0.2, 0) is 6.67 Å². The maximum atomic E-state index is 12.5. The van der Waals surface area contributed by atoms with Crippen LogP contribution in [0.2, 0.25) is 0 Å². The van der Waals surface area contributed by atoms with E-state index in [9.17, 15) is 27.7 Å². The maximum absolute atomic E-state index is 12.5. The highest BCUT2D eigenvalue weighted by Gasteiger charge is 2.37. The summed E-state index contributed by atoms with van der Waals surface area (Å²) in [6.45, 7) is -1.29. The van der Waals surface area contributed by atoms with Gasteiger partial charge >= 0.3 is 17.9 Å². The van der Waals surface area contributed by atoms with Gasteiger partial charge < -0.3 is 4.74 Å². The van der Waals surface area contributed by atoms with Gasteiger partial charge in [0.05, 0.1) is 10.5 Å². The molecule has 0 spiro atoms. The molecular weight excluding hydrogens is 363 g/mol. The third-order valence-corrected chi connectivity index (χ3v) is 2.53. The standard InChI is InChI=1S/C7H3F4IN2O3/c8-1-3-4(12)2-13-6(5(3)14(15)16)17-7(9,10)11/h2H,1H2. The summed E-state index contributed by atoms with van der Waals surface area (Å²) in [5.74, 6) is -1.27. The van der Waals surface area contributed by atoms with E-state index in [0.717, 1.165) is 6.20 Å². The van der Waals surface area contributed by atoms with Crippen molar-refractivity contribution in [3.05, 3.63) is 25.4 Å². The Morgan fingerprint density at radius 3 is 2.53 bits per heavy atom. The summed E-state index contributed by atoms with van der Waals surface area (Å²) < 4.78 is 51.8. The largest absolute Gasteiger partial charge is 0.574 e. The molecule has 5 nitrogen and oxygen atoms in total. The second-order valence-corrected chi connectivity index (χ2v) is 3.84. The highest BCUT2D eigenvalue weighted by molar-refractivity contribution is 14.1. The molecular formula is C7H3F4IN2O3. The zero-order valence-corrected chi connectivity index (χ0v) is 9.95. The van der Waals surface area contributed by atoms with E-state index in [1.807, 2.05) is 0 Å². The smallest absolute Gasteiger partial charge is 0.381 e. The third-order valence-electron chi connectivity index (χ3n) is 1.60. The van der Waals surface area contributed by atoms with Crippen LogP contribution in [0.25, 0.3) is 0 Å². The number of hydrogen-bond donors (Lipinski definition) is 0. The predicted molar refractivity (Wildman–Crippen MR) is 55.1 cm³/mol. The quantitative estimate of drug-likeness (QED) is 0.357. The fourth-order valence-corrected chi connectivity index (χ4v) is 1.54. The number of nitrogens with zero attached hydrogens (tertiary/aromatic N) is 2. The van der Waals surface area contributed by atoms with Crippen molar-refractivity contribution in [3.8, 4) is 5.88 Å². The Morgan fingerprint density at radius 1 is 1.53 bits per heavy atom. The Labute approximate surface area is 105 Å². The minimum atomic E-state index is -5.13. The van der Waals surface area contributed by atoms with E-state index in [0.29, 0.717) is 0 Å². The van der Waals surface area contributed by atoms with E-state index in [2.05, 4.69) is 9.72 Å². The molecule has 0 fully saturated rings. The first-order chi connectivity index (χ1) is 7.76. The molecule has 1 aromatic rings. The van der Waals surface area contributed by atoms with Crippen LogP contribution in [0.5, 0.6) is 5.88 Å². The molecule has 0 unspecified atom stereocenters. The number of halogens is 5. The van der Waals surface area contributed by atoms with Gasteiger partial charge in [-0.25, -0.2) is 9.37 Å². The van der Waals surface area contributed by atoms with Crippen LogP contribution in [0, 0.1) is 13.7 Å². The van der Waals surface area contributed by atoms with Crippen LogP contribution in [0.15, 0.2) is 6.20 Å². The number of alkyl halides is 4. The molecule has 0 N–H and O–H groups in total. The third kappa shape index (κ3) is 3.38. The normalized spacial score (nSPS) is 11.4. The van der Waals surface area contributed by atoms with E-state index in [4.69, 9.17) is 0 Å². The second kappa shape index (κ2) is 4.98. The molecule has 0 aliphatic heterocycles. The van der Waals surface area contributed by atoms with Gasteiger partial charge in [0, 0.05) is 9.77 Å². The molecule has 0 atom stereocenters. The van der Waals surface area contributed by atoms with Crippen molar-refractivity contribution in [1.82, 2.24) is 4.98 Å². The Kier molecular flexibility index (Phi) is 4.06. The van der Waals surface area contributed by atoms with Crippen LogP contribution >= 0.6 is 22.6 Å². The fraction of sp³-hybridized carbons (Fsp3) is 0.286. The molecule has 0 saturated carbocycles. The summed E-state index contributed by atoms with van der Waals surface area (Å²) in [4.78, 5) is 12.6. The lowest BCUT2D eigenvalue weighted by Crippen LogP contribution is -2.19. The molecule has 0 aliphatic carbocycles. The highest BCUT2D eigenvalue weighted by atomic mass is 127. The van der Waals surface area contributed by atoms with E-state index in [1.54, 1.807) is 0 Å². The van der Waals surface area contributed by atoms with Gasteiger partial charge in [0.2, 0.25) is 0 Å². The van der Waals surface area contributed by atoms with Crippen molar-refractivity contribution in [2.24, 2.45) is 0 Å². The van der Waals surface area contributed by atoms with Crippen LogP contribution in [0.1, 0.15) is 5.56 Å². The van der Waals surface area contributed by atoms with Crippen LogP contribution in [-0.4, -0.2) is 16.3 Å². The molecule has 17 heavy (non-hydrogen) atoms. The Morgan fingerprint density at radius 2 is 2.12 bits per heavy atom. The molecule has 0 radical (unpaired) electrons. The molecule has 0 bridgehead atoms. The number of aromatic nitrogens is 1. The van der Waals surface area contributed by atoms with Crippen molar-refractivity contribution in [2.75, 3.05) is 0 Å². The number of nitro groups is 1. The Bertz CT molecular complexity index is 451. The van der Waals surface area contributed by atoms with Crippen molar-refractivity contribution in [2.45, 2.75) is 13.0 Å². The molecule has 1 heterocycles. The first-order valence-corrected chi connectivity index (χ1v) is 4.97. The van der Waals surface area contributed by atoms with Gasteiger partial charge in [0.15, 0.2) is 0 Å². The van der Waals surface area contributed by atoms with E-state index >= 15 is 0 Å². The average Bonchev–Trinajstić information content (AvgIpc) is 2.17. The summed E-state index contributed by atoms with van der Waals surface area (Å²) in [7, 11) is 0. The van der Waals surface area contributed by atoms with Gasteiger partial charge in [-0.2, -0.15) is 0 Å². The summed E-state index contributed by atoms with van der Waals surface area (Å²) in [6, 6.07) is 0. The Hall–Kier alpha value is -1.20. The molecule has 0 saturated heterocycles. The predicted octanol–water partition coefficient (Wildman–Crippen LogP) is 2.96. The SMILES string of the molecule is O=[N+]([O-])c1c(OC(F)(F)F)ncc(I)c1CF. The highest BCUT2D eigenvalue weighted by Crippen LogP contribution is 2.35. The minimum absolute atomic E-state index is 0.0475. The average molecular weight is 366 g/mol. The summed E-state index contributed by atoms with van der Waals surface area (Å²) in [5.41, 5.74) is -1.61. The number of rotatable bonds is 3. The molecule has 1 aromatic heterocycles. The molecule has 1 rings (SSSR count). The van der Waals surface area contributed by atoms with E-state index in [1.165, 1.54) is 22.6 Å². The fourth-order valence-electron chi connectivity index (χ4n) is 0.996. The van der Waals surface area contributed by atoms with Crippen LogP contribution in [0.3, 0.4) is 0 Å². The number of ether oxygens (including phenoxy) is 1. The van der Waals surface area contributed by atoms with Crippen molar-refractivity contribution >= 4 is 28.3 Å². The molecule has 0 aromatic carbocycles. The first kappa shape index (κ1) is 13.9. The molecule has 10 heteroatoms. The minimum Gasteiger partial charge on any atom is -0.381 e. The van der Waals surface area contributed by atoms with Crippen molar-refractivity contribution < 1.29 is 27.2 Å². The Balaban J connectivity index is 3.36. The summed E-state index contributed by atoms with van der Waals surface area (Å²) in [6.07, 6.45) is -4.26. The van der Waals surface area contributed by atoms with Crippen LogP contribution in [0.4, 0.5) is 23.2 Å². The van der Waals surface area contributed by atoms with Gasteiger partial charge in [-0.1, -0.05) is 0 Å². The zero-order valence-electron chi connectivity index (χ0n) is 7.79. The van der Waals surface area contributed by atoms with Gasteiger partial charge in [-0.05, 0) is 22.6 Å². The maximum Gasteiger partial charge on any atom is 0.574 e. The molecule has 0 aliphatic rings. The topological polar surface area (TPSA) is 65.3 Å². The van der Waals surface area contributed by atoms with Gasteiger partial charge in [-0.15, -0.1) is 13.2 Å². The monoisotopic (exact) mass is 366 g/mol. The van der Waals surface area contributed by atoms with Crippen LogP contribution < -0.4 is 4.74 Å².